The largest absolute Gasteiger partial charge is 0.486 e. The van der Waals surface area contributed by atoms with Crippen LogP contribution in [0.3, 0.4) is 0 Å². The Morgan fingerprint density at radius 2 is 2.04 bits per heavy atom. The van der Waals surface area contributed by atoms with Crippen LogP contribution in [0.2, 0.25) is 0 Å². The third kappa shape index (κ3) is 3.77. The Labute approximate surface area is 156 Å². The summed E-state index contributed by atoms with van der Waals surface area (Å²) in [7, 11) is 0. The lowest BCUT2D eigenvalue weighted by Gasteiger charge is -2.32. The van der Waals surface area contributed by atoms with E-state index >= 15 is 0 Å². The van der Waals surface area contributed by atoms with Crippen molar-refractivity contribution < 1.29 is 9.47 Å². The molecule has 0 aliphatic carbocycles. The second-order valence-electron chi connectivity index (χ2n) is 6.65. The van der Waals surface area contributed by atoms with E-state index in [9.17, 15) is 0 Å². The highest BCUT2D eigenvalue weighted by Crippen LogP contribution is 2.38. The lowest BCUT2D eigenvalue weighted by atomic mass is 10.0. The maximum absolute atomic E-state index is 5.70. The van der Waals surface area contributed by atoms with Gasteiger partial charge in [0.2, 0.25) is 0 Å². The molecule has 0 atom stereocenters. The molecule has 7 heteroatoms. The Hall–Kier alpha value is -1.73. The third-order valence-electron chi connectivity index (χ3n) is 4.76. The van der Waals surface area contributed by atoms with E-state index in [0.29, 0.717) is 19.3 Å². The molecule has 4 rings (SSSR count). The summed E-state index contributed by atoms with van der Waals surface area (Å²) >= 11 is 3.59. The van der Waals surface area contributed by atoms with E-state index in [1.807, 2.05) is 6.92 Å². The van der Waals surface area contributed by atoms with Gasteiger partial charge in [0.15, 0.2) is 17.3 Å². The number of fused-ring (bicyclic) bond motifs is 1. The molecule has 6 nitrogen and oxygen atoms in total. The Morgan fingerprint density at radius 3 is 2.80 bits per heavy atom. The molecule has 2 aliphatic rings. The minimum Gasteiger partial charge on any atom is -0.486 e. The second-order valence-corrected chi connectivity index (χ2v) is 7.51. The van der Waals surface area contributed by atoms with E-state index in [0.717, 1.165) is 60.0 Å². The van der Waals surface area contributed by atoms with Crippen molar-refractivity contribution in [3.05, 3.63) is 33.9 Å². The minimum atomic E-state index is 0.531. The number of anilines is 1. The average molecular weight is 407 g/mol. The topological polar surface area (TPSA) is 62.4 Å². The molecule has 0 unspecified atom stereocenters. The number of hydrogen-bond donors (Lipinski definition) is 2. The molecule has 0 amide bonds. The zero-order valence-corrected chi connectivity index (χ0v) is 15.9. The molecule has 1 fully saturated rings. The maximum Gasteiger partial charge on any atom is 0.175 e. The summed E-state index contributed by atoms with van der Waals surface area (Å²) in [6, 6.07) is 6.83. The van der Waals surface area contributed by atoms with Crippen LogP contribution < -0.4 is 19.7 Å². The van der Waals surface area contributed by atoms with Gasteiger partial charge in [0.25, 0.3) is 0 Å². The fraction of sp³-hybridized carbons (Fsp3) is 0.500. The van der Waals surface area contributed by atoms with Gasteiger partial charge in [-0.15, -0.1) is 0 Å². The predicted molar refractivity (Wildman–Crippen MR) is 101 cm³/mol. The van der Waals surface area contributed by atoms with Gasteiger partial charge in [0.05, 0.1) is 4.47 Å². The Balaban J connectivity index is 1.31. The van der Waals surface area contributed by atoms with E-state index in [2.05, 4.69) is 54.5 Å². The summed E-state index contributed by atoms with van der Waals surface area (Å²) in [5.41, 5.74) is 2.32. The molecule has 0 radical (unpaired) electrons. The van der Waals surface area contributed by atoms with E-state index < -0.39 is 0 Å². The highest BCUT2D eigenvalue weighted by Gasteiger charge is 2.21. The number of aromatic amines is 1. The van der Waals surface area contributed by atoms with Crippen LogP contribution >= 0.6 is 15.9 Å². The molecule has 1 aromatic heterocycles. The SMILES string of the molecule is Cc1cc(N2CCC(NCc3cc(Br)c4c(c3)OCCO4)CC2)n[nH]1. The molecule has 2 N–H and O–H groups in total. The molecular formula is C18H23BrN4O2. The number of halogens is 1. The van der Waals surface area contributed by atoms with Crippen LogP contribution in [0.4, 0.5) is 5.82 Å². The highest BCUT2D eigenvalue weighted by atomic mass is 79.9. The van der Waals surface area contributed by atoms with E-state index in [1.165, 1.54) is 5.56 Å². The Morgan fingerprint density at radius 1 is 1.24 bits per heavy atom. The van der Waals surface area contributed by atoms with Crippen molar-refractivity contribution in [1.29, 1.82) is 0 Å². The number of H-pyrrole nitrogens is 1. The highest BCUT2D eigenvalue weighted by molar-refractivity contribution is 9.10. The fourth-order valence-electron chi connectivity index (χ4n) is 3.41. The second kappa shape index (κ2) is 7.25. The molecule has 0 bridgehead atoms. The van der Waals surface area contributed by atoms with Gasteiger partial charge < -0.3 is 19.7 Å². The van der Waals surface area contributed by atoms with E-state index in [-0.39, 0.29) is 0 Å². The van der Waals surface area contributed by atoms with Gasteiger partial charge in [-0.2, -0.15) is 5.10 Å². The number of ether oxygens (including phenoxy) is 2. The van der Waals surface area contributed by atoms with E-state index in [1.54, 1.807) is 0 Å². The summed E-state index contributed by atoms with van der Waals surface area (Å²) < 4.78 is 12.3. The molecule has 134 valence electrons. The number of nitrogens with one attached hydrogen (secondary N) is 2. The maximum atomic E-state index is 5.70. The Bertz CT molecular complexity index is 741. The van der Waals surface area contributed by atoms with Crippen molar-refractivity contribution in [2.75, 3.05) is 31.2 Å². The Kier molecular flexibility index (Phi) is 4.85. The zero-order chi connectivity index (χ0) is 17.2. The minimum absolute atomic E-state index is 0.531. The van der Waals surface area contributed by atoms with Gasteiger partial charge in [-0.3, -0.25) is 5.10 Å². The number of nitrogens with zero attached hydrogens (tertiary/aromatic N) is 2. The van der Waals surface area contributed by atoms with Crippen LogP contribution in [0, 0.1) is 6.92 Å². The summed E-state index contributed by atoms with van der Waals surface area (Å²) in [5.74, 6) is 2.71. The quantitative estimate of drug-likeness (QED) is 0.816. The number of benzene rings is 1. The molecule has 2 aromatic rings. The molecule has 1 saturated heterocycles. The van der Waals surface area contributed by atoms with Crippen molar-refractivity contribution in [2.24, 2.45) is 0 Å². The van der Waals surface area contributed by atoms with Gasteiger partial charge in [-0.25, -0.2) is 0 Å². The first-order valence-corrected chi connectivity index (χ1v) is 9.57. The number of piperidine rings is 1. The van der Waals surface area contributed by atoms with Crippen molar-refractivity contribution >= 4 is 21.7 Å². The molecular weight excluding hydrogens is 384 g/mol. The van der Waals surface area contributed by atoms with Gasteiger partial charge in [-0.1, -0.05) is 0 Å². The van der Waals surface area contributed by atoms with Crippen LogP contribution in [-0.4, -0.2) is 42.5 Å². The molecule has 0 saturated carbocycles. The van der Waals surface area contributed by atoms with Crippen molar-refractivity contribution in [3.8, 4) is 11.5 Å². The van der Waals surface area contributed by atoms with Crippen molar-refractivity contribution in [3.63, 3.8) is 0 Å². The molecule has 25 heavy (non-hydrogen) atoms. The number of hydrogen-bond acceptors (Lipinski definition) is 5. The van der Waals surface area contributed by atoms with Crippen LogP contribution in [0.25, 0.3) is 0 Å². The molecule has 3 heterocycles. The van der Waals surface area contributed by atoms with Gasteiger partial charge in [-0.05, 0) is 53.4 Å². The number of aromatic nitrogens is 2. The standard InChI is InChI=1S/C18H23BrN4O2/c1-12-8-17(22-21-12)23-4-2-14(3-5-23)20-11-13-9-15(19)18-16(10-13)24-6-7-25-18/h8-10,14,20H,2-7,11H2,1H3,(H,21,22). The number of aryl methyl sites for hydroxylation is 1. The lowest BCUT2D eigenvalue weighted by Crippen LogP contribution is -2.42. The van der Waals surface area contributed by atoms with E-state index in [4.69, 9.17) is 9.47 Å². The van der Waals surface area contributed by atoms with Gasteiger partial charge in [0.1, 0.15) is 13.2 Å². The van der Waals surface area contributed by atoms with Crippen LogP contribution in [0.15, 0.2) is 22.7 Å². The first kappa shape index (κ1) is 16.7. The van der Waals surface area contributed by atoms with Crippen LogP contribution in [0.1, 0.15) is 24.1 Å². The van der Waals surface area contributed by atoms with Crippen LogP contribution in [-0.2, 0) is 6.54 Å². The predicted octanol–water partition coefficient (Wildman–Crippen LogP) is 3.01. The van der Waals surface area contributed by atoms with Gasteiger partial charge in [0, 0.05) is 37.4 Å². The average Bonchev–Trinajstić information content (AvgIpc) is 3.07. The van der Waals surface area contributed by atoms with Crippen molar-refractivity contribution in [2.45, 2.75) is 32.4 Å². The molecule has 2 aliphatic heterocycles. The summed E-state index contributed by atoms with van der Waals surface area (Å²) in [6.45, 7) is 6.16. The lowest BCUT2D eigenvalue weighted by molar-refractivity contribution is 0.170. The summed E-state index contributed by atoms with van der Waals surface area (Å²) in [6.07, 6.45) is 2.25. The number of rotatable bonds is 4. The summed E-state index contributed by atoms with van der Waals surface area (Å²) in [4.78, 5) is 2.35. The summed E-state index contributed by atoms with van der Waals surface area (Å²) in [5, 5.41) is 11.1. The fourth-order valence-corrected chi connectivity index (χ4v) is 4.01. The molecule has 0 spiro atoms. The van der Waals surface area contributed by atoms with Crippen molar-refractivity contribution in [1.82, 2.24) is 15.5 Å². The zero-order valence-electron chi connectivity index (χ0n) is 14.3. The van der Waals surface area contributed by atoms with Gasteiger partial charge >= 0.3 is 0 Å². The normalized spacial score (nSPS) is 17.8. The third-order valence-corrected chi connectivity index (χ3v) is 5.35. The first-order chi connectivity index (χ1) is 12.2. The monoisotopic (exact) mass is 406 g/mol. The van der Waals surface area contributed by atoms with Crippen LogP contribution in [0.5, 0.6) is 11.5 Å². The first-order valence-electron chi connectivity index (χ1n) is 8.77. The molecule has 1 aromatic carbocycles. The smallest absolute Gasteiger partial charge is 0.175 e.